The molecule has 0 aliphatic carbocycles. The Bertz CT molecular complexity index is 510. The first kappa shape index (κ1) is 19.3. The Hall–Kier alpha value is -1.78. The van der Waals surface area contributed by atoms with Crippen LogP contribution in [0.4, 0.5) is 0 Å². The fourth-order valence-electron chi connectivity index (χ4n) is 2.46. The minimum atomic E-state index is 0.0684. The van der Waals surface area contributed by atoms with E-state index in [9.17, 15) is 4.79 Å². The van der Waals surface area contributed by atoms with Crippen molar-refractivity contribution < 1.29 is 0 Å². The van der Waals surface area contributed by atoms with Crippen LogP contribution in [0.1, 0.15) is 52.4 Å². The van der Waals surface area contributed by atoms with E-state index < -0.39 is 0 Å². The Labute approximate surface area is 140 Å². The fourth-order valence-corrected chi connectivity index (χ4v) is 2.46. The molecule has 0 bridgehead atoms. The van der Waals surface area contributed by atoms with Crippen molar-refractivity contribution in [2.24, 2.45) is 4.99 Å². The van der Waals surface area contributed by atoms with Gasteiger partial charge in [0.25, 0.3) is 0 Å². The van der Waals surface area contributed by atoms with Crippen LogP contribution in [0.3, 0.4) is 0 Å². The second-order valence-corrected chi connectivity index (χ2v) is 5.98. The molecule has 1 heterocycles. The maximum absolute atomic E-state index is 11.6. The molecule has 0 aliphatic rings. The third kappa shape index (κ3) is 8.43. The monoisotopic (exact) mass is 320 g/mol. The van der Waals surface area contributed by atoms with E-state index >= 15 is 0 Å². The molecule has 1 atom stereocenters. The zero-order valence-corrected chi connectivity index (χ0v) is 14.8. The van der Waals surface area contributed by atoms with Gasteiger partial charge in [-0.25, -0.2) is 0 Å². The average Bonchev–Trinajstić information content (AvgIpc) is 2.55. The van der Waals surface area contributed by atoms with Gasteiger partial charge in [-0.3, -0.25) is 9.79 Å². The standard InChI is InChI=1S/C18H32N4O/c1-4-5-6-11-16(2)21-18(19-3)20-13-8-10-15-22-14-9-7-12-17(22)23/h7,9,12,14,16H,4-6,8,10-11,13,15H2,1-3H3,(H2,19,20,21). The summed E-state index contributed by atoms with van der Waals surface area (Å²) in [6, 6.07) is 5.71. The SMILES string of the molecule is CCCCCC(C)NC(=NC)NCCCCn1ccccc1=O. The predicted octanol–water partition coefficient (Wildman–Crippen LogP) is 2.76. The van der Waals surface area contributed by atoms with Gasteiger partial charge in [0, 0.05) is 38.4 Å². The van der Waals surface area contributed by atoms with Gasteiger partial charge in [-0.2, -0.15) is 0 Å². The number of hydrogen-bond donors (Lipinski definition) is 2. The first-order chi connectivity index (χ1) is 11.2. The van der Waals surface area contributed by atoms with E-state index in [1.807, 2.05) is 12.3 Å². The lowest BCUT2D eigenvalue weighted by Gasteiger charge is -2.17. The molecule has 1 rings (SSSR count). The van der Waals surface area contributed by atoms with Gasteiger partial charge in [0.1, 0.15) is 0 Å². The fraction of sp³-hybridized carbons (Fsp3) is 0.667. The van der Waals surface area contributed by atoms with Crippen molar-refractivity contribution in [1.29, 1.82) is 0 Å². The van der Waals surface area contributed by atoms with Gasteiger partial charge < -0.3 is 15.2 Å². The summed E-state index contributed by atoms with van der Waals surface area (Å²) in [7, 11) is 1.80. The number of nitrogens with zero attached hydrogens (tertiary/aromatic N) is 2. The Morgan fingerprint density at radius 1 is 1.26 bits per heavy atom. The highest BCUT2D eigenvalue weighted by molar-refractivity contribution is 5.79. The van der Waals surface area contributed by atoms with Crippen LogP contribution >= 0.6 is 0 Å². The summed E-state index contributed by atoms with van der Waals surface area (Å²) in [4.78, 5) is 15.9. The lowest BCUT2D eigenvalue weighted by Crippen LogP contribution is -2.42. The number of pyridine rings is 1. The van der Waals surface area contributed by atoms with Crippen molar-refractivity contribution in [1.82, 2.24) is 15.2 Å². The van der Waals surface area contributed by atoms with E-state index in [0.717, 1.165) is 31.9 Å². The summed E-state index contributed by atoms with van der Waals surface area (Å²) < 4.78 is 1.75. The predicted molar refractivity (Wildman–Crippen MR) is 98.0 cm³/mol. The second kappa shape index (κ2) is 11.7. The van der Waals surface area contributed by atoms with Crippen LogP contribution in [-0.2, 0) is 6.54 Å². The van der Waals surface area contributed by atoms with Crippen LogP contribution < -0.4 is 16.2 Å². The van der Waals surface area contributed by atoms with Gasteiger partial charge in [0.2, 0.25) is 5.56 Å². The molecular weight excluding hydrogens is 288 g/mol. The lowest BCUT2D eigenvalue weighted by atomic mass is 10.1. The first-order valence-electron chi connectivity index (χ1n) is 8.80. The van der Waals surface area contributed by atoms with Gasteiger partial charge in [-0.1, -0.05) is 32.3 Å². The molecule has 0 spiro atoms. The minimum Gasteiger partial charge on any atom is -0.356 e. The molecule has 5 nitrogen and oxygen atoms in total. The van der Waals surface area contributed by atoms with Crippen molar-refractivity contribution in [2.45, 2.75) is 65.0 Å². The number of aryl methyl sites for hydroxylation is 1. The number of hydrogen-bond acceptors (Lipinski definition) is 2. The van der Waals surface area contributed by atoms with Gasteiger partial charge >= 0.3 is 0 Å². The molecule has 1 unspecified atom stereocenters. The van der Waals surface area contributed by atoms with Gasteiger partial charge in [0.15, 0.2) is 5.96 Å². The highest BCUT2D eigenvalue weighted by atomic mass is 16.1. The largest absolute Gasteiger partial charge is 0.356 e. The smallest absolute Gasteiger partial charge is 0.250 e. The van der Waals surface area contributed by atoms with Crippen molar-refractivity contribution in [3.8, 4) is 0 Å². The van der Waals surface area contributed by atoms with E-state index in [-0.39, 0.29) is 5.56 Å². The van der Waals surface area contributed by atoms with E-state index in [2.05, 4.69) is 29.5 Å². The van der Waals surface area contributed by atoms with E-state index in [4.69, 9.17) is 0 Å². The van der Waals surface area contributed by atoms with Crippen LogP contribution in [0.2, 0.25) is 0 Å². The number of unbranched alkanes of at least 4 members (excludes halogenated alkanes) is 3. The Morgan fingerprint density at radius 2 is 2.09 bits per heavy atom. The molecule has 0 amide bonds. The number of aliphatic imine (C=N–C) groups is 1. The van der Waals surface area contributed by atoms with Crippen LogP contribution in [0.15, 0.2) is 34.2 Å². The minimum absolute atomic E-state index is 0.0684. The Balaban J connectivity index is 2.17. The van der Waals surface area contributed by atoms with Crippen LogP contribution in [0.25, 0.3) is 0 Å². The molecule has 1 aromatic rings. The van der Waals surface area contributed by atoms with Crippen LogP contribution in [0, 0.1) is 0 Å². The molecule has 0 aromatic carbocycles. The molecular formula is C18H32N4O. The summed E-state index contributed by atoms with van der Waals surface area (Å²) in [5.74, 6) is 0.867. The maximum atomic E-state index is 11.6. The summed E-state index contributed by atoms with van der Waals surface area (Å²) in [6.45, 7) is 6.05. The highest BCUT2D eigenvalue weighted by Gasteiger charge is 2.04. The lowest BCUT2D eigenvalue weighted by molar-refractivity contribution is 0.542. The average molecular weight is 320 g/mol. The molecule has 2 N–H and O–H groups in total. The number of rotatable bonds is 10. The van der Waals surface area contributed by atoms with Crippen LogP contribution in [-0.4, -0.2) is 30.2 Å². The summed E-state index contributed by atoms with van der Waals surface area (Å²) in [5, 5.41) is 6.77. The Kier molecular flexibility index (Phi) is 9.84. The van der Waals surface area contributed by atoms with E-state index in [1.165, 1.54) is 25.7 Å². The van der Waals surface area contributed by atoms with Crippen molar-refractivity contribution in [2.75, 3.05) is 13.6 Å². The van der Waals surface area contributed by atoms with Gasteiger partial charge in [0.05, 0.1) is 0 Å². The second-order valence-electron chi connectivity index (χ2n) is 5.98. The molecule has 0 aliphatic heterocycles. The van der Waals surface area contributed by atoms with E-state index in [0.29, 0.717) is 6.04 Å². The molecule has 5 heteroatoms. The molecule has 1 aromatic heterocycles. The number of guanidine groups is 1. The van der Waals surface area contributed by atoms with Crippen LogP contribution in [0.5, 0.6) is 0 Å². The molecule has 23 heavy (non-hydrogen) atoms. The maximum Gasteiger partial charge on any atom is 0.250 e. The third-order valence-corrected chi connectivity index (χ3v) is 3.86. The normalized spacial score (nSPS) is 12.9. The third-order valence-electron chi connectivity index (χ3n) is 3.86. The molecule has 0 saturated carbocycles. The molecule has 0 saturated heterocycles. The summed E-state index contributed by atoms with van der Waals surface area (Å²) >= 11 is 0. The van der Waals surface area contributed by atoms with Crippen molar-refractivity contribution in [3.05, 3.63) is 34.7 Å². The summed E-state index contributed by atoms with van der Waals surface area (Å²) in [5.41, 5.74) is 0.0684. The molecule has 0 radical (unpaired) electrons. The first-order valence-corrected chi connectivity index (χ1v) is 8.80. The summed E-state index contributed by atoms with van der Waals surface area (Å²) in [6.07, 6.45) is 8.79. The topological polar surface area (TPSA) is 58.4 Å². The van der Waals surface area contributed by atoms with E-state index in [1.54, 1.807) is 23.7 Å². The van der Waals surface area contributed by atoms with Crippen molar-refractivity contribution in [3.63, 3.8) is 0 Å². The Morgan fingerprint density at radius 3 is 2.78 bits per heavy atom. The molecule has 0 fully saturated rings. The highest BCUT2D eigenvalue weighted by Crippen LogP contribution is 2.02. The number of nitrogens with one attached hydrogen (secondary N) is 2. The van der Waals surface area contributed by atoms with Gasteiger partial charge in [-0.15, -0.1) is 0 Å². The quantitative estimate of drug-likeness (QED) is 0.396. The van der Waals surface area contributed by atoms with Gasteiger partial charge in [-0.05, 0) is 32.3 Å². The zero-order valence-electron chi connectivity index (χ0n) is 14.8. The molecule has 130 valence electrons. The zero-order chi connectivity index (χ0) is 16.9. The van der Waals surface area contributed by atoms with Crippen molar-refractivity contribution >= 4 is 5.96 Å². The number of aromatic nitrogens is 1.